The van der Waals surface area contributed by atoms with Crippen LogP contribution in [0.3, 0.4) is 0 Å². The van der Waals surface area contributed by atoms with E-state index in [1.165, 1.54) is 24.3 Å². The third kappa shape index (κ3) is 2.85. The van der Waals surface area contributed by atoms with E-state index in [1.54, 1.807) is 0 Å². The zero-order valence-corrected chi connectivity index (χ0v) is 11.4. The van der Waals surface area contributed by atoms with E-state index in [9.17, 15) is 9.59 Å². The first-order valence-electron chi connectivity index (χ1n) is 6.09. The quantitative estimate of drug-likeness (QED) is 0.317. The molecule has 22 heavy (non-hydrogen) atoms. The van der Waals surface area contributed by atoms with E-state index in [1.807, 2.05) is 0 Å². The maximum atomic E-state index is 12.1. The second-order valence-corrected chi connectivity index (χ2v) is 4.53. The Morgan fingerprint density at radius 1 is 0.909 bits per heavy atom. The zero-order chi connectivity index (χ0) is 16.4. The van der Waals surface area contributed by atoms with Crippen LogP contribution in [-0.2, 0) is 0 Å². The van der Waals surface area contributed by atoms with E-state index in [4.69, 9.17) is 32.8 Å². The molecule has 0 aromatic heterocycles. The van der Waals surface area contributed by atoms with Gasteiger partial charge in [0.25, 0.3) is 0 Å². The number of hydrogen-bond donors (Lipinski definition) is 5. The summed E-state index contributed by atoms with van der Waals surface area (Å²) in [4.78, 5) is 23.3. The number of ether oxygens (including phenoxy) is 1. The minimum absolute atomic E-state index is 0.0610. The number of rotatable bonds is 3. The molecule has 8 nitrogen and oxygen atoms in total. The summed E-state index contributed by atoms with van der Waals surface area (Å²) in [7, 11) is 0. The Kier molecular flexibility index (Phi) is 3.76. The topological polar surface area (TPSA) is 168 Å². The summed E-state index contributed by atoms with van der Waals surface area (Å²) < 4.78 is 5.08. The van der Waals surface area contributed by atoms with Gasteiger partial charge in [0.05, 0.1) is 22.6 Å². The molecule has 114 valence electrons. The van der Waals surface area contributed by atoms with Gasteiger partial charge in [-0.1, -0.05) is 0 Å². The monoisotopic (exact) mass is 302 g/mol. The van der Waals surface area contributed by atoms with Gasteiger partial charge >= 0.3 is 11.9 Å². The average Bonchev–Trinajstić information content (AvgIpc) is 2.44. The Bertz CT molecular complexity index is 774. The first kappa shape index (κ1) is 15.0. The molecule has 0 atom stereocenters. The van der Waals surface area contributed by atoms with Gasteiger partial charge in [-0.05, 0) is 30.3 Å². The smallest absolute Gasteiger partial charge is 0.343 e. The number of benzene rings is 2. The predicted molar refractivity (Wildman–Crippen MR) is 82.5 cm³/mol. The zero-order valence-electron chi connectivity index (χ0n) is 11.4. The number of nitrogen functional groups attached to an aromatic ring is 4. The molecule has 0 heterocycles. The van der Waals surface area contributed by atoms with Crippen molar-refractivity contribution in [3.05, 3.63) is 41.5 Å². The summed E-state index contributed by atoms with van der Waals surface area (Å²) in [6.45, 7) is 0. The van der Waals surface area contributed by atoms with Crippen molar-refractivity contribution in [2.75, 3.05) is 22.9 Å². The summed E-state index contributed by atoms with van der Waals surface area (Å²) in [5, 5.41) is 9.14. The lowest BCUT2D eigenvalue weighted by molar-refractivity contribution is 0.0682. The standard InChI is InChI=1S/C14H14N4O4/c15-7-4-8(13(19)20)12(11(18)5-7)22-14(21)6-1-2-9(16)10(17)3-6/h1-5H,15-18H2,(H,19,20). The van der Waals surface area contributed by atoms with Crippen molar-refractivity contribution in [1.82, 2.24) is 0 Å². The number of nitrogens with two attached hydrogens (primary N) is 4. The largest absolute Gasteiger partial charge is 0.478 e. The fourth-order valence-electron chi connectivity index (χ4n) is 1.80. The van der Waals surface area contributed by atoms with E-state index in [0.717, 1.165) is 6.07 Å². The van der Waals surface area contributed by atoms with Gasteiger partial charge in [0, 0.05) is 5.69 Å². The molecule has 0 spiro atoms. The molecule has 0 bridgehead atoms. The average molecular weight is 302 g/mol. The third-order valence-electron chi connectivity index (χ3n) is 2.89. The first-order valence-corrected chi connectivity index (χ1v) is 6.09. The highest BCUT2D eigenvalue weighted by Gasteiger charge is 2.20. The Labute approximate surface area is 125 Å². The van der Waals surface area contributed by atoms with Crippen LogP contribution in [0.25, 0.3) is 0 Å². The molecule has 0 amide bonds. The van der Waals surface area contributed by atoms with Crippen LogP contribution in [-0.4, -0.2) is 17.0 Å². The van der Waals surface area contributed by atoms with Crippen molar-refractivity contribution in [3.63, 3.8) is 0 Å². The van der Waals surface area contributed by atoms with Crippen molar-refractivity contribution in [1.29, 1.82) is 0 Å². The van der Waals surface area contributed by atoms with Crippen molar-refractivity contribution in [2.24, 2.45) is 0 Å². The molecule has 9 N–H and O–H groups in total. The van der Waals surface area contributed by atoms with Gasteiger partial charge in [0.15, 0.2) is 5.75 Å². The minimum atomic E-state index is -1.32. The molecule has 8 heteroatoms. The molecule has 0 saturated carbocycles. The minimum Gasteiger partial charge on any atom is -0.478 e. The highest BCUT2D eigenvalue weighted by atomic mass is 16.5. The Morgan fingerprint density at radius 2 is 1.59 bits per heavy atom. The molecule has 0 fully saturated rings. The van der Waals surface area contributed by atoms with Crippen molar-refractivity contribution >= 4 is 34.7 Å². The van der Waals surface area contributed by atoms with E-state index in [2.05, 4.69) is 0 Å². The highest BCUT2D eigenvalue weighted by Crippen LogP contribution is 2.30. The summed E-state index contributed by atoms with van der Waals surface area (Å²) in [5.74, 6) is -2.41. The van der Waals surface area contributed by atoms with E-state index in [-0.39, 0.29) is 33.9 Å². The maximum absolute atomic E-state index is 12.1. The number of aromatic carboxylic acids is 1. The number of esters is 1. The van der Waals surface area contributed by atoms with E-state index >= 15 is 0 Å². The second-order valence-electron chi connectivity index (χ2n) is 4.53. The Morgan fingerprint density at radius 3 is 2.18 bits per heavy atom. The van der Waals surface area contributed by atoms with Crippen LogP contribution in [0, 0.1) is 0 Å². The van der Waals surface area contributed by atoms with Crippen LogP contribution in [0.1, 0.15) is 20.7 Å². The van der Waals surface area contributed by atoms with Gasteiger partial charge in [-0.3, -0.25) is 0 Å². The molecule has 0 radical (unpaired) electrons. The summed E-state index contributed by atoms with van der Waals surface area (Å²) in [6.07, 6.45) is 0. The molecular formula is C14H14N4O4. The lowest BCUT2D eigenvalue weighted by atomic mass is 10.1. The summed E-state index contributed by atoms with van der Waals surface area (Å²) in [5.41, 5.74) is 22.8. The van der Waals surface area contributed by atoms with Crippen molar-refractivity contribution in [3.8, 4) is 5.75 Å². The van der Waals surface area contributed by atoms with Crippen LogP contribution in [0.2, 0.25) is 0 Å². The Hall–Kier alpha value is -3.42. The van der Waals surface area contributed by atoms with Gasteiger partial charge < -0.3 is 32.8 Å². The molecule has 0 aliphatic heterocycles. The lowest BCUT2D eigenvalue weighted by Crippen LogP contribution is -2.14. The number of carbonyl (C=O) groups is 2. The van der Waals surface area contributed by atoms with Gasteiger partial charge in [-0.15, -0.1) is 0 Å². The van der Waals surface area contributed by atoms with Crippen molar-refractivity contribution in [2.45, 2.75) is 0 Å². The normalized spacial score (nSPS) is 10.2. The number of anilines is 4. The highest BCUT2D eigenvalue weighted by molar-refractivity contribution is 5.99. The van der Waals surface area contributed by atoms with Crippen LogP contribution >= 0.6 is 0 Å². The first-order chi connectivity index (χ1) is 10.3. The van der Waals surface area contributed by atoms with Crippen LogP contribution in [0.15, 0.2) is 30.3 Å². The fraction of sp³-hybridized carbons (Fsp3) is 0. The van der Waals surface area contributed by atoms with Crippen LogP contribution in [0.4, 0.5) is 22.7 Å². The fourth-order valence-corrected chi connectivity index (χ4v) is 1.80. The lowest BCUT2D eigenvalue weighted by Gasteiger charge is -2.11. The molecule has 2 aromatic carbocycles. The number of carboxylic acid groups (broad SMARTS) is 1. The van der Waals surface area contributed by atoms with Crippen molar-refractivity contribution < 1.29 is 19.4 Å². The maximum Gasteiger partial charge on any atom is 0.343 e. The van der Waals surface area contributed by atoms with Crippen LogP contribution < -0.4 is 27.7 Å². The molecule has 2 rings (SSSR count). The summed E-state index contributed by atoms with van der Waals surface area (Å²) in [6, 6.07) is 6.62. The number of carboxylic acids is 1. The molecule has 0 aliphatic rings. The molecule has 2 aromatic rings. The number of carbonyl (C=O) groups excluding carboxylic acids is 1. The molecule has 0 unspecified atom stereocenters. The van der Waals surface area contributed by atoms with Gasteiger partial charge in [-0.2, -0.15) is 0 Å². The second kappa shape index (κ2) is 5.52. The van der Waals surface area contributed by atoms with Gasteiger partial charge in [-0.25, -0.2) is 9.59 Å². The van der Waals surface area contributed by atoms with E-state index in [0.29, 0.717) is 5.69 Å². The predicted octanol–water partition coefficient (Wildman–Crippen LogP) is 0.933. The Balaban J connectivity index is 2.40. The number of hydrogen-bond acceptors (Lipinski definition) is 7. The SMILES string of the molecule is Nc1cc(N)c(OC(=O)c2ccc(N)c(N)c2)c(C(=O)O)c1. The third-order valence-corrected chi connectivity index (χ3v) is 2.89. The van der Waals surface area contributed by atoms with Crippen LogP contribution in [0.5, 0.6) is 5.75 Å². The van der Waals surface area contributed by atoms with E-state index < -0.39 is 11.9 Å². The molecule has 0 saturated heterocycles. The summed E-state index contributed by atoms with van der Waals surface area (Å²) >= 11 is 0. The molecule has 0 aliphatic carbocycles. The molecular weight excluding hydrogens is 288 g/mol. The van der Waals surface area contributed by atoms with Gasteiger partial charge in [0.2, 0.25) is 0 Å². The van der Waals surface area contributed by atoms with Gasteiger partial charge in [0.1, 0.15) is 5.56 Å².